The molecular weight excluding hydrogens is 324 g/mol. The monoisotopic (exact) mass is 340 g/mol. The summed E-state index contributed by atoms with van der Waals surface area (Å²) in [4.78, 5) is 10.3. The van der Waals surface area contributed by atoms with Gasteiger partial charge in [-0.05, 0) is 31.2 Å². The van der Waals surface area contributed by atoms with Crippen LogP contribution in [0.4, 0.5) is 11.4 Å². The fourth-order valence-corrected chi connectivity index (χ4v) is 2.62. The Morgan fingerprint density at radius 3 is 2.61 bits per heavy atom. The maximum absolute atomic E-state index is 11.5. The minimum atomic E-state index is -3.55. The summed E-state index contributed by atoms with van der Waals surface area (Å²) >= 11 is 0. The summed E-state index contributed by atoms with van der Waals surface area (Å²) in [6.45, 7) is 1.44. The molecule has 0 spiro atoms. The molecule has 124 valence electrons. The zero-order valence-electron chi connectivity index (χ0n) is 12.5. The van der Waals surface area contributed by atoms with Gasteiger partial charge in [0.1, 0.15) is 17.0 Å². The Morgan fingerprint density at radius 1 is 1.39 bits per heavy atom. The van der Waals surface area contributed by atoms with E-state index in [0.29, 0.717) is 5.76 Å². The fourth-order valence-electron chi connectivity index (χ4n) is 1.98. The third-order valence-electron chi connectivity index (χ3n) is 3.27. The second kappa shape index (κ2) is 6.01. The predicted molar refractivity (Wildman–Crippen MR) is 83.0 cm³/mol. The van der Waals surface area contributed by atoms with Crippen molar-refractivity contribution in [2.45, 2.75) is 17.4 Å². The molecule has 0 radical (unpaired) electrons. The molecule has 0 aliphatic heterocycles. The third kappa shape index (κ3) is 3.88. The molecule has 23 heavy (non-hydrogen) atoms. The summed E-state index contributed by atoms with van der Waals surface area (Å²) in [6.07, 6.45) is 2.38. The zero-order valence-corrected chi connectivity index (χ0v) is 13.3. The molecule has 0 aliphatic carbocycles. The van der Waals surface area contributed by atoms with Crippen LogP contribution in [0.5, 0.6) is 0 Å². The molecular formula is C14H16N2O6S. The Labute approximate surface area is 132 Å². The molecule has 1 heterocycles. The van der Waals surface area contributed by atoms with Crippen molar-refractivity contribution in [2.24, 2.45) is 0 Å². The second-order valence-electron chi connectivity index (χ2n) is 5.31. The van der Waals surface area contributed by atoms with Crippen molar-refractivity contribution in [3.05, 3.63) is 52.5 Å². The molecule has 2 rings (SSSR count). The number of nitro groups is 1. The molecule has 9 heteroatoms. The van der Waals surface area contributed by atoms with Crippen molar-refractivity contribution in [3.63, 3.8) is 0 Å². The van der Waals surface area contributed by atoms with E-state index in [1.165, 1.54) is 25.3 Å². The number of hydrogen-bond acceptors (Lipinski definition) is 7. The van der Waals surface area contributed by atoms with Gasteiger partial charge in [0.15, 0.2) is 9.84 Å². The number of anilines is 1. The highest BCUT2D eigenvalue weighted by molar-refractivity contribution is 7.90. The molecule has 0 aliphatic rings. The first-order valence-corrected chi connectivity index (χ1v) is 8.49. The van der Waals surface area contributed by atoms with Crippen LogP contribution in [0.1, 0.15) is 12.7 Å². The van der Waals surface area contributed by atoms with Crippen molar-refractivity contribution in [1.82, 2.24) is 0 Å². The molecule has 1 unspecified atom stereocenters. The van der Waals surface area contributed by atoms with E-state index in [0.717, 1.165) is 12.3 Å². The van der Waals surface area contributed by atoms with Gasteiger partial charge >= 0.3 is 0 Å². The summed E-state index contributed by atoms with van der Waals surface area (Å²) in [5.41, 5.74) is -1.66. The lowest BCUT2D eigenvalue weighted by Crippen LogP contribution is -2.30. The third-order valence-corrected chi connectivity index (χ3v) is 4.38. The molecule has 2 aromatic rings. The first-order valence-electron chi connectivity index (χ1n) is 6.60. The molecule has 0 amide bonds. The average molecular weight is 340 g/mol. The predicted octanol–water partition coefficient (Wildman–Crippen LogP) is 1.91. The van der Waals surface area contributed by atoms with E-state index >= 15 is 0 Å². The van der Waals surface area contributed by atoms with Crippen LogP contribution in [-0.4, -0.2) is 31.2 Å². The van der Waals surface area contributed by atoms with Gasteiger partial charge in [0.2, 0.25) is 0 Å². The van der Waals surface area contributed by atoms with Crippen LogP contribution < -0.4 is 5.32 Å². The van der Waals surface area contributed by atoms with Crippen LogP contribution in [0.15, 0.2) is 45.9 Å². The largest absolute Gasteiger partial charge is 0.466 e. The summed E-state index contributed by atoms with van der Waals surface area (Å²) < 4.78 is 28.1. The number of aliphatic hydroxyl groups is 1. The van der Waals surface area contributed by atoms with Crippen molar-refractivity contribution in [1.29, 1.82) is 0 Å². The Kier molecular flexibility index (Phi) is 4.44. The van der Waals surface area contributed by atoms with Crippen LogP contribution in [0.2, 0.25) is 0 Å². The molecule has 8 nitrogen and oxygen atoms in total. The summed E-state index contributed by atoms with van der Waals surface area (Å²) in [5.74, 6) is 0.306. The Hall–Kier alpha value is -2.39. The van der Waals surface area contributed by atoms with Gasteiger partial charge in [-0.3, -0.25) is 10.1 Å². The Balaban J connectivity index is 2.28. The van der Waals surface area contributed by atoms with Crippen LogP contribution in [0, 0.1) is 10.1 Å². The van der Waals surface area contributed by atoms with Gasteiger partial charge in [-0.2, -0.15) is 0 Å². The van der Waals surface area contributed by atoms with Gasteiger partial charge in [0.05, 0.1) is 22.6 Å². The molecule has 2 N–H and O–H groups in total. The van der Waals surface area contributed by atoms with Crippen molar-refractivity contribution >= 4 is 21.2 Å². The lowest BCUT2D eigenvalue weighted by atomic mass is 10.0. The van der Waals surface area contributed by atoms with Crippen molar-refractivity contribution in [2.75, 3.05) is 18.1 Å². The minimum Gasteiger partial charge on any atom is -0.466 e. The fraction of sp³-hybridized carbons (Fsp3) is 0.286. The minimum absolute atomic E-state index is 0.0560. The van der Waals surface area contributed by atoms with Crippen LogP contribution >= 0.6 is 0 Å². The second-order valence-corrected chi connectivity index (χ2v) is 7.33. The van der Waals surface area contributed by atoms with Gasteiger partial charge in [0, 0.05) is 12.3 Å². The topological polar surface area (TPSA) is 123 Å². The summed E-state index contributed by atoms with van der Waals surface area (Å²) in [7, 11) is -3.55. The maximum Gasteiger partial charge on any atom is 0.293 e. The number of benzene rings is 1. The molecule has 0 fully saturated rings. The molecule has 0 saturated carbocycles. The quantitative estimate of drug-likeness (QED) is 0.608. The number of furan rings is 1. The lowest BCUT2D eigenvalue weighted by Gasteiger charge is -2.21. The standard InChI is InChI=1S/C14H16N2O6S/c1-14(17,13-4-3-7-22-13)9-15-11-6-5-10(23(2,20)21)8-12(11)16(18)19/h3-8,15,17H,9H2,1-2H3. The number of nitrogens with zero attached hydrogens (tertiary/aromatic N) is 1. The van der Waals surface area contributed by atoms with Crippen LogP contribution in [0.25, 0.3) is 0 Å². The molecule has 0 bridgehead atoms. The molecule has 1 aromatic heterocycles. The molecule has 0 saturated heterocycles. The van der Waals surface area contributed by atoms with Gasteiger partial charge in [-0.1, -0.05) is 0 Å². The van der Waals surface area contributed by atoms with E-state index in [9.17, 15) is 23.6 Å². The number of rotatable bonds is 6. The van der Waals surface area contributed by atoms with E-state index in [4.69, 9.17) is 4.42 Å². The normalized spacial score (nSPS) is 14.2. The van der Waals surface area contributed by atoms with Gasteiger partial charge < -0.3 is 14.8 Å². The Morgan fingerprint density at radius 2 is 2.09 bits per heavy atom. The first kappa shape index (κ1) is 17.0. The van der Waals surface area contributed by atoms with E-state index in [2.05, 4.69) is 5.32 Å². The summed E-state index contributed by atoms with van der Waals surface area (Å²) in [5, 5.41) is 24.2. The molecule has 1 atom stereocenters. The van der Waals surface area contributed by atoms with E-state index < -0.39 is 20.4 Å². The van der Waals surface area contributed by atoms with E-state index in [1.54, 1.807) is 12.1 Å². The smallest absolute Gasteiger partial charge is 0.293 e. The van der Waals surface area contributed by atoms with Crippen LogP contribution in [-0.2, 0) is 15.4 Å². The number of nitro benzene ring substituents is 1. The van der Waals surface area contributed by atoms with Crippen molar-refractivity contribution in [3.8, 4) is 0 Å². The highest BCUT2D eigenvalue weighted by atomic mass is 32.2. The van der Waals surface area contributed by atoms with Crippen molar-refractivity contribution < 1.29 is 22.9 Å². The zero-order chi connectivity index (χ0) is 17.3. The summed E-state index contributed by atoms with van der Waals surface area (Å²) in [6, 6.07) is 6.76. The van der Waals surface area contributed by atoms with Crippen LogP contribution in [0.3, 0.4) is 0 Å². The average Bonchev–Trinajstić information content (AvgIpc) is 2.99. The molecule has 1 aromatic carbocycles. The Bertz CT molecular complexity index is 812. The van der Waals surface area contributed by atoms with E-state index in [-0.39, 0.29) is 22.8 Å². The number of nitrogens with one attached hydrogen (secondary N) is 1. The number of sulfone groups is 1. The first-order chi connectivity index (χ1) is 10.6. The highest BCUT2D eigenvalue weighted by Crippen LogP contribution is 2.29. The highest BCUT2D eigenvalue weighted by Gasteiger charge is 2.27. The van der Waals surface area contributed by atoms with Gasteiger partial charge in [-0.25, -0.2) is 8.42 Å². The van der Waals surface area contributed by atoms with E-state index in [1.807, 2.05) is 0 Å². The van der Waals surface area contributed by atoms with Gasteiger partial charge in [-0.15, -0.1) is 0 Å². The lowest BCUT2D eigenvalue weighted by molar-refractivity contribution is -0.384. The number of hydrogen-bond donors (Lipinski definition) is 2. The SMILES string of the molecule is CC(O)(CNc1ccc(S(C)(=O)=O)cc1[N+](=O)[O-])c1ccco1. The maximum atomic E-state index is 11.5. The van der Waals surface area contributed by atoms with Gasteiger partial charge in [0.25, 0.3) is 5.69 Å².